The summed E-state index contributed by atoms with van der Waals surface area (Å²) < 4.78 is 41.4. The van der Waals surface area contributed by atoms with Crippen molar-refractivity contribution in [2.45, 2.75) is 19.1 Å². The number of aliphatic hydroxyl groups is 1. The standard InChI is InChI=1S/C17H16F3NO3/c18-13-6-4-11(5-7-13)8-16(23)21-10-15(22)12-2-1-3-14(9-12)24-17(19)20/h1-7,9,15,17,22H,8,10H2,(H,21,23). The van der Waals surface area contributed by atoms with Crippen LogP contribution in [0.15, 0.2) is 48.5 Å². The first-order chi connectivity index (χ1) is 11.4. The summed E-state index contributed by atoms with van der Waals surface area (Å²) in [5.41, 5.74) is 0.978. The number of carbonyl (C=O) groups excluding carboxylic acids is 1. The van der Waals surface area contributed by atoms with Gasteiger partial charge in [0.2, 0.25) is 5.91 Å². The Morgan fingerprint density at radius 1 is 1.17 bits per heavy atom. The number of hydrogen-bond donors (Lipinski definition) is 2. The lowest BCUT2D eigenvalue weighted by Crippen LogP contribution is -2.29. The number of ether oxygens (including phenoxy) is 1. The average Bonchev–Trinajstić information content (AvgIpc) is 2.54. The van der Waals surface area contributed by atoms with Crippen LogP contribution < -0.4 is 10.1 Å². The molecule has 1 atom stereocenters. The van der Waals surface area contributed by atoms with E-state index in [2.05, 4.69) is 10.1 Å². The first-order valence-electron chi connectivity index (χ1n) is 7.18. The van der Waals surface area contributed by atoms with Crippen LogP contribution in [0.5, 0.6) is 5.75 Å². The normalized spacial score (nSPS) is 12.0. The number of rotatable bonds is 7. The fourth-order valence-electron chi connectivity index (χ4n) is 2.08. The van der Waals surface area contributed by atoms with E-state index in [1.165, 1.54) is 48.5 Å². The molecule has 0 saturated heterocycles. The summed E-state index contributed by atoms with van der Waals surface area (Å²) >= 11 is 0. The first kappa shape index (κ1) is 17.8. The highest BCUT2D eigenvalue weighted by atomic mass is 19.3. The molecule has 2 rings (SSSR count). The first-order valence-corrected chi connectivity index (χ1v) is 7.18. The number of amides is 1. The van der Waals surface area contributed by atoms with Crippen molar-refractivity contribution in [3.63, 3.8) is 0 Å². The van der Waals surface area contributed by atoms with Crippen LogP contribution in [0.1, 0.15) is 17.2 Å². The molecule has 24 heavy (non-hydrogen) atoms. The Kier molecular flexibility index (Phi) is 6.20. The van der Waals surface area contributed by atoms with E-state index in [1.807, 2.05) is 0 Å². The van der Waals surface area contributed by atoms with Crippen molar-refractivity contribution in [2.75, 3.05) is 6.54 Å². The molecular formula is C17H16F3NO3. The summed E-state index contributed by atoms with van der Waals surface area (Å²) in [7, 11) is 0. The van der Waals surface area contributed by atoms with E-state index in [-0.39, 0.29) is 30.4 Å². The van der Waals surface area contributed by atoms with Crippen LogP contribution in [-0.4, -0.2) is 24.2 Å². The van der Waals surface area contributed by atoms with Crippen LogP contribution in [0, 0.1) is 5.82 Å². The van der Waals surface area contributed by atoms with E-state index < -0.39 is 12.7 Å². The maximum absolute atomic E-state index is 12.8. The van der Waals surface area contributed by atoms with E-state index in [4.69, 9.17) is 0 Å². The zero-order chi connectivity index (χ0) is 17.5. The molecule has 0 heterocycles. The van der Waals surface area contributed by atoms with Crippen molar-refractivity contribution < 1.29 is 27.8 Å². The third kappa shape index (κ3) is 5.58. The van der Waals surface area contributed by atoms with Crippen LogP contribution in [0.4, 0.5) is 13.2 Å². The fourth-order valence-corrected chi connectivity index (χ4v) is 2.08. The van der Waals surface area contributed by atoms with Crippen LogP contribution in [0.3, 0.4) is 0 Å². The third-order valence-electron chi connectivity index (χ3n) is 3.24. The Morgan fingerprint density at radius 3 is 2.54 bits per heavy atom. The molecule has 0 spiro atoms. The minimum absolute atomic E-state index is 0.0432. The summed E-state index contributed by atoms with van der Waals surface area (Å²) in [6.45, 7) is -3.04. The van der Waals surface area contributed by atoms with Crippen molar-refractivity contribution in [3.8, 4) is 5.75 Å². The van der Waals surface area contributed by atoms with Crippen molar-refractivity contribution in [3.05, 3.63) is 65.5 Å². The summed E-state index contributed by atoms with van der Waals surface area (Å²) in [6.07, 6.45) is -1.02. The molecular weight excluding hydrogens is 323 g/mol. The van der Waals surface area contributed by atoms with Gasteiger partial charge in [0.15, 0.2) is 0 Å². The average molecular weight is 339 g/mol. The van der Waals surface area contributed by atoms with Crippen molar-refractivity contribution >= 4 is 5.91 Å². The van der Waals surface area contributed by atoms with Crippen LogP contribution >= 0.6 is 0 Å². The Balaban J connectivity index is 1.86. The van der Waals surface area contributed by atoms with Gasteiger partial charge < -0.3 is 15.2 Å². The summed E-state index contributed by atoms with van der Waals surface area (Å²) in [5, 5.41) is 12.6. The molecule has 128 valence electrons. The van der Waals surface area contributed by atoms with Gasteiger partial charge in [-0.2, -0.15) is 8.78 Å². The minimum Gasteiger partial charge on any atom is -0.435 e. The molecule has 0 aromatic heterocycles. The predicted octanol–water partition coefficient (Wildman–Crippen LogP) is 2.82. The van der Waals surface area contributed by atoms with Crippen LogP contribution in [0.2, 0.25) is 0 Å². The summed E-state index contributed by atoms with van der Waals surface area (Å²) in [6, 6.07) is 11.1. The monoisotopic (exact) mass is 339 g/mol. The van der Waals surface area contributed by atoms with Gasteiger partial charge in [-0.25, -0.2) is 4.39 Å². The van der Waals surface area contributed by atoms with Gasteiger partial charge in [0, 0.05) is 6.54 Å². The van der Waals surface area contributed by atoms with Gasteiger partial charge in [0.25, 0.3) is 0 Å². The second kappa shape index (κ2) is 8.35. The fraction of sp³-hybridized carbons (Fsp3) is 0.235. The molecule has 0 radical (unpaired) electrons. The molecule has 2 N–H and O–H groups in total. The van der Waals surface area contributed by atoms with Crippen LogP contribution in [0.25, 0.3) is 0 Å². The number of benzene rings is 2. The van der Waals surface area contributed by atoms with Gasteiger partial charge in [-0.05, 0) is 35.4 Å². The maximum Gasteiger partial charge on any atom is 0.387 e. The molecule has 4 nitrogen and oxygen atoms in total. The van der Waals surface area contributed by atoms with Crippen molar-refractivity contribution in [1.82, 2.24) is 5.32 Å². The molecule has 0 aliphatic carbocycles. The summed E-state index contributed by atoms with van der Waals surface area (Å²) in [5.74, 6) is -0.805. The molecule has 0 bridgehead atoms. The van der Waals surface area contributed by atoms with Crippen molar-refractivity contribution in [1.29, 1.82) is 0 Å². The molecule has 1 amide bonds. The highest BCUT2D eigenvalue weighted by Gasteiger charge is 2.12. The number of nitrogens with one attached hydrogen (secondary N) is 1. The van der Waals surface area contributed by atoms with Crippen LogP contribution in [-0.2, 0) is 11.2 Å². The lowest BCUT2D eigenvalue weighted by atomic mass is 10.1. The molecule has 0 fully saturated rings. The third-order valence-corrected chi connectivity index (χ3v) is 3.24. The zero-order valence-corrected chi connectivity index (χ0v) is 12.6. The molecule has 2 aromatic carbocycles. The second-order valence-corrected chi connectivity index (χ2v) is 5.07. The van der Waals surface area contributed by atoms with E-state index >= 15 is 0 Å². The summed E-state index contributed by atoms with van der Waals surface area (Å²) in [4.78, 5) is 11.8. The van der Waals surface area contributed by atoms with Gasteiger partial charge in [-0.15, -0.1) is 0 Å². The van der Waals surface area contributed by atoms with E-state index in [0.29, 0.717) is 11.1 Å². The van der Waals surface area contributed by atoms with Gasteiger partial charge in [0.05, 0.1) is 12.5 Å². The van der Waals surface area contributed by atoms with E-state index in [0.717, 1.165) is 0 Å². The lowest BCUT2D eigenvalue weighted by Gasteiger charge is -2.14. The molecule has 2 aromatic rings. The quantitative estimate of drug-likeness (QED) is 0.816. The molecule has 0 aliphatic heterocycles. The smallest absolute Gasteiger partial charge is 0.387 e. The minimum atomic E-state index is -2.95. The SMILES string of the molecule is O=C(Cc1ccc(F)cc1)NCC(O)c1cccc(OC(F)F)c1. The predicted molar refractivity (Wildman–Crippen MR) is 81.1 cm³/mol. The maximum atomic E-state index is 12.8. The molecule has 1 unspecified atom stereocenters. The Morgan fingerprint density at radius 2 is 1.88 bits per heavy atom. The number of halogens is 3. The molecule has 0 saturated carbocycles. The number of carbonyl (C=O) groups is 1. The topological polar surface area (TPSA) is 58.6 Å². The lowest BCUT2D eigenvalue weighted by molar-refractivity contribution is -0.120. The van der Waals surface area contributed by atoms with Gasteiger partial charge >= 0.3 is 6.61 Å². The largest absolute Gasteiger partial charge is 0.435 e. The number of alkyl halides is 2. The number of hydrogen-bond acceptors (Lipinski definition) is 3. The zero-order valence-electron chi connectivity index (χ0n) is 12.6. The molecule has 7 heteroatoms. The van der Waals surface area contributed by atoms with E-state index in [9.17, 15) is 23.1 Å². The van der Waals surface area contributed by atoms with E-state index in [1.54, 1.807) is 0 Å². The Hall–Kier alpha value is -2.54. The van der Waals surface area contributed by atoms with Gasteiger partial charge in [0.1, 0.15) is 11.6 Å². The number of aliphatic hydroxyl groups excluding tert-OH is 1. The second-order valence-electron chi connectivity index (χ2n) is 5.07. The van der Waals surface area contributed by atoms with Crippen molar-refractivity contribution in [2.24, 2.45) is 0 Å². The highest BCUT2D eigenvalue weighted by Crippen LogP contribution is 2.20. The Bertz CT molecular complexity index is 677. The van der Waals surface area contributed by atoms with Gasteiger partial charge in [-0.1, -0.05) is 24.3 Å². The highest BCUT2D eigenvalue weighted by molar-refractivity contribution is 5.78. The molecule has 0 aliphatic rings. The Labute approximate surface area is 136 Å². The van der Waals surface area contributed by atoms with Gasteiger partial charge in [-0.3, -0.25) is 4.79 Å².